The van der Waals surface area contributed by atoms with Gasteiger partial charge in [0, 0.05) is 31.0 Å². The number of H-pyrrole nitrogens is 1. The number of nitriles is 1. The molecule has 0 saturated heterocycles. The molecule has 0 atom stereocenters. The SMILES string of the molecule is N#CCc1cccc2c1CCN(C(=O)c1ccc(-n3cc[nH]c3=O)cc1)C2. The van der Waals surface area contributed by atoms with E-state index in [9.17, 15) is 9.59 Å². The molecule has 0 bridgehead atoms. The van der Waals surface area contributed by atoms with Crippen LogP contribution in [-0.2, 0) is 19.4 Å². The molecule has 0 unspecified atom stereocenters. The quantitative estimate of drug-likeness (QED) is 0.781. The molecule has 1 aliphatic rings. The molecule has 134 valence electrons. The molecule has 0 saturated carbocycles. The summed E-state index contributed by atoms with van der Waals surface area (Å²) in [7, 11) is 0. The van der Waals surface area contributed by atoms with Crippen molar-refractivity contribution in [3.63, 3.8) is 0 Å². The van der Waals surface area contributed by atoms with E-state index in [1.807, 2.05) is 23.1 Å². The van der Waals surface area contributed by atoms with Crippen LogP contribution in [0.3, 0.4) is 0 Å². The zero-order valence-corrected chi connectivity index (χ0v) is 14.7. The first-order valence-electron chi connectivity index (χ1n) is 8.79. The molecular weight excluding hydrogens is 340 g/mol. The Morgan fingerprint density at radius 2 is 2.00 bits per heavy atom. The van der Waals surface area contributed by atoms with E-state index in [1.165, 1.54) is 10.1 Å². The number of nitrogens with zero attached hydrogens (tertiary/aromatic N) is 3. The number of fused-ring (bicyclic) bond motifs is 1. The van der Waals surface area contributed by atoms with Crippen molar-refractivity contribution in [3.8, 4) is 11.8 Å². The molecule has 0 spiro atoms. The maximum Gasteiger partial charge on any atom is 0.330 e. The smallest absolute Gasteiger partial charge is 0.330 e. The molecule has 1 aliphatic heterocycles. The highest BCUT2D eigenvalue weighted by molar-refractivity contribution is 5.94. The molecule has 27 heavy (non-hydrogen) atoms. The second-order valence-electron chi connectivity index (χ2n) is 6.55. The third-order valence-corrected chi connectivity index (χ3v) is 4.96. The number of hydrogen-bond donors (Lipinski definition) is 1. The topological polar surface area (TPSA) is 81.9 Å². The van der Waals surface area contributed by atoms with Gasteiger partial charge in [-0.2, -0.15) is 5.26 Å². The first kappa shape index (κ1) is 16.9. The van der Waals surface area contributed by atoms with Crippen LogP contribution in [0.15, 0.2) is 59.7 Å². The Kier molecular flexibility index (Phi) is 4.35. The second-order valence-corrected chi connectivity index (χ2v) is 6.55. The van der Waals surface area contributed by atoms with Crippen LogP contribution in [0.5, 0.6) is 0 Å². The van der Waals surface area contributed by atoms with Gasteiger partial charge >= 0.3 is 5.69 Å². The second kappa shape index (κ2) is 6.96. The van der Waals surface area contributed by atoms with Crippen LogP contribution in [0, 0.1) is 11.3 Å². The molecule has 2 aromatic carbocycles. The number of carbonyl (C=O) groups is 1. The predicted octanol–water partition coefficient (Wildman–Crippen LogP) is 2.43. The number of imidazole rings is 1. The van der Waals surface area contributed by atoms with E-state index < -0.39 is 0 Å². The molecule has 0 fully saturated rings. The van der Waals surface area contributed by atoms with Gasteiger partial charge in [-0.25, -0.2) is 4.79 Å². The fourth-order valence-electron chi connectivity index (χ4n) is 3.58. The summed E-state index contributed by atoms with van der Waals surface area (Å²) in [4.78, 5) is 29.0. The molecule has 0 radical (unpaired) electrons. The highest BCUT2D eigenvalue weighted by atomic mass is 16.2. The number of hydrogen-bond acceptors (Lipinski definition) is 3. The third kappa shape index (κ3) is 3.15. The largest absolute Gasteiger partial charge is 0.334 e. The van der Waals surface area contributed by atoms with Gasteiger partial charge in [-0.1, -0.05) is 18.2 Å². The first-order chi connectivity index (χ1) is 13.2. The third-order valence-electron chi connectivity index (χ3n) is 4.96. The van der Waals surface area contributed by atoms with Gasteiger partial charge < -0.3 is 9.88 Å². The molecule has 1 aromatic heterocycles. The van der Waals surface area contributed by atoms with E-state index in [2.05, 4.69) is 11.1 Å². The van der Waals surface area contributed by atoms with Crippen LogP contribution < -0.4 is 5.69 Å². The summed E-state index contributed by atoms with van der Waals surface area (Å²) in [6.45, 7) is 1.18. The van der Waals surface area contributed by atoms with E-state index in [-0.39, 0.29) is 11.6 Å². The van der Waals surface area contributed by atoms with E-state index in [0.717, 1.165) is 17.5 Å². The summed E-state index contributed by atoms with van der Waals surface area (Å²) in [5.41, 5.74) is 4.46. The standard InChI is InChI=1S/C21H18N4O2/c22-10-8-15-2-1-3-17-14-24(12-9-19(15)17)20(26)16-4-6-18(7-5-16)25-13-11-23-21(25)27/h1-7,11,13H,8-9,12,14H2,(H,23,27). The maximum atomic E-state index is 12.9. The van der Waals surface area contributed by atoms with Crippen molar-refractivity contribution in [1.29, 1.82) is 5.26 Å². The minimum absolute atomic E-state index is 0.0284. The van der Waals surface area contributed by atoms with E-state index in [4.69, 9.17) is 5.26 Å². The van der Waals surface area contributed by atoms with Gasteiger partial charge in [0.2, 0.25) is 0 Å². The summed E-state index contributed by atoms with van der Waals surface area (Å²) in [5.74, 6) is -0.0284. The van der Waals surface area contributed by atoms with Crippen molar-refractivity contribution in [2.75, 3.05) is 6.54 Å². The van der Waals surface area contributed by atoms with E-state index in [1.54, 1.807) is 36.7 Å². The van der Waals surface area contributed by atoms with Crippen LogP contribution in [0.25, 0.3) is 5.69 Å². The Bertz CT molecular complexity index is 1090. The fraction of sp³-hybridized carbons (Fsp3) is 0.190. The lowest BCUT2D eigenvalue weighted by Crippen LogP contribution is -2.36. The van der Waals surface area contributed by atoms with Crippen LogP contribution in [0.2, 0.25) is 0 Å². The molecule has 6 nitrogen and oxygen atoms in total. The van der Waals surface area contributed by atoms with Crippen molar-refractivity contribution < 1.29 is 4.79 Å². The molecule has 1 amide bonds. The van der Waals surface area contributed by atoms with Crippen molar-refractivity contribution in [3.05, 3.63) is 87.6 Å². The average molecular weight is 358 g/mol. The lowest BCUT2D eigenvalue weighted by atomic mass is 9.93. The summed E-state index contributed by atoms with van der Waals surface area (Å²) in [6, 6.07) is 15.2. The number of amides is 1. The van der Waals surface area contributed by atoms with Gasteiger partial charge in [0.1, 0.15) is 0 Å². The Hall–Kier alpha value is -3.59. The minimum atomic E-state index is -0.213. The number of aromatic amines is 1. The molecular formula is C21H18N4O2. The maximum absolute atomic E-state index is 12.9. The zero-order chi connectivity index (χ0) is 18.8. The summed E-state index contributed by atoms with van der Waals surface area (Å²) in [5, 5.41) is 8.98. The highest BCUT2D eigenvalue weighted by Crippen LogP contribution is 2.24. The Morgan fingerprint density at radius 1 is 1.19 bits per heavy atom. The van der Waals surface area contributed by atoms with Crippen LogP contribution in [-0.4, -0.2) is 26.9 Å². The number of benzene rings is 2. The van der Waals surface area contributed by atoms with Gasteiger partial charge in [-0.3, -0.25) is 9.36 Å². The minimum Gasteiger partial charge on any atom is -0.334 e. The van der Waals surface area contributed by atoms with E-state index >= 15 is 0 Å². The van der Waals surface area contributed by atoms with Crippen LogP contribution in [0.1, 0.15) is 27.0 Å². The number of aromatic nitrogens is 2. The summed E-state index contributed by atoms with van der Waals surface area (Å²) < 4.78 is 1.49. The lowest BCUT2D eigenvalue weighted by Gasteiger charge is -2.30. The summed E-state index contributed by atoms with van der Waals surface area (Å²) >= 11 is 0. The van der Waals surface area contributed by atoms with Gasteiger partial charge in [0.05, 0.1) is 18.2 Å². The van der Waals surface area contributed by atoms with Gasteiger partial charge in [0.25, 0.3) is 5.91 Å². The average Bonchev–Trinajstić information content (AvgIpc) is 3.13. The lowest BCUT2D eigenvalue weighted by molar-refractivity contribution is 0.0734. The van der Waals surface area contributed by atoms with Gasteiger partial charge in [-0.05, 0) is 47.4 Å². The Labute approximate surface area is 156 Å². The van der Waals surface area contributed by atoms with Crippen molar-refractivity contribution in [2.24, 2.45) is 0 Å². The number of nitrogens with one attached hydrogen (secondary N) is 1. The van der Waals surface area contributed by atoms with Crippen molar-refractivity contribution in [1.82, 2.24) is 14.5 Å². The zero-order valence-electron chi connectivity index (χ0n) is 14.7. The molecule has 3 aromatic rings. The first-order valence-corrected chi connectivity index (χ1v) is 8.79. The van der Waals surface area contributed by atoms with Crippen molar-refractivity contribution >= 4 is 5.91 Å². The fourth-order valence-corrected chi connectivity index (χ4v) is 3.58. The normalized spacial score (nSPS) is 13.1. The summed E-state index contributed by atoms with van der Waals surface area (Å²) in [6.07, 6.45) is 4.39. The van der Waals surface area contributed by atoms with Gasteiger partial charge in [-0.15, -0.1) is 0 Å². The molecule has 6 heteroatoms. The highest BCUT2D eigenvalue weighted by Gasteiger charge is 2.23. The monoisotopic (exact) mass is 358 g/mol. The van der Waals surface area contributed by atoms with Crippen molar-refractivity contribution in [2.45, 2.75) is 19.4 Å². The Morgan fingerprint density at radius 3 is 2.70 bits per heavy atom. The number of carbonyl (C=O) groups excluding carboxylic acids is 1. The van der Waals surface area contributed by atoms with E-state index in [0.29, 0.717) is 30.8 Å². The van der Waals surface area contributed by atoms with Gasteiger partial charge in [0.15, 0.2) is 0 Å². The number of rotatable bonds is 3. The molecule has 1 N–H and O–H groups in total. The molecule has 0 aliphatic carbocycles. The molecule has 4 rings (SSSR count). The Balaban J connectivity index is 1.54. The molecule has 2 heterocycles. The van der Waals surface area contributed by atoms with Crippen LogP contribution in [0.4, 0.5) is 0 Å². The van der Waals surface area contributed by atoms with Crippen LogP contribution >= 0.6 is 0 Å². The predicted molar refractivity (Wildman–Crippen MR) is 101 cm³/mol.